The Morgan fingerprint density at radius 3 is 2.77 bits per heavy atom. The zero-order chi connectivity index (χ0) is 31.3. The average Bonchev–Trinajstić information content (AvgIpc) is 3.46. The summed E-state index contributed by atoms with van der Waals surface area (Å²) in [4.78, 5) is 43.6. The third kappa shape index (κ3) is 7.84. The van der Waals surface area contributed by atoms with Gasteiger partial charge in [-0.15, -0.1) is 6.58 Å². The highest BCUT2D eigenvalue weighted by atomic mass is 35.5. The number of amides is 2. The molecule has 5 atom stereocenters. The fourth-order valence-corrected chi connectivity index (χ4v) is 7.61. The number of rotatable bonds is 12. The Kier molecular flexibility index (Phi) is 11.0. The summed E-state index contributed by atoms with van der Waals surface area (Å²) in [6, 6.07) is 5.78. The SMILES string of the molecule is C=CC1CN(C(=O)CNC(=O)OC2(C)CCCC2CCCCCc2c(C)c3ccc(Cl)cc3[nH]c2=O)C(CC(C)C)C1C. The number of aromatic nitrogens is 1. The summed E-state index contributed by atoms with van der Waals surface area (Å²) < 4.78 is 5.99. The number of likely N-dealkylation sites (tertiary alicyclic amines) is 1. The first kappa shape index (κ1) is 33.1. The standard InChI is InChI=1S/C35H50ClN3O4/c1-7-25-21-39(31(23(25)4)18-22(2)3)32(40)20-37-34(42)43-35(6)17-11-13-26(35)12-9-8-10-14-29-24(5)28-16-15-27(36)19-30(28)38-33(29)41/h7,15-16,19,22-23,25-26,31H,1,8-14,17-18,20-21H2,2-6H3,(H,37,42)(H,38,41). The third-order valence-corrected chi connectivity index (χ3v) is 10.3. The molecule has 1 aliphatic heterocycles. The van der Waals surface area contributed by atoms with Crippen molar-refractivity contribution in [3.63, 3.8) is 0 Å². The summed E-state index contributed by atoms with van der Waals surface area (Å²) >= 11 is 6.10. The molecule has 1 aromatic heterocycles. The van der Waals surface area contributed by atoms with Crippen LogP contribution in [0.25, 0.3) is 10.9 Å². The van der Waals surface area contributed by atoms with Crippen molar-refractivity contribution in [1.29, 1.82) is 0 Å². The van der Waals surface area contributed by atoms with Gasteiger partial charge in [0, 0.05) is 28.6 Å². The van der Waals surface area contributed by atoms with Crippen LogP contribution < -0.4 is 10.9 Å². The molecular weight excluding hydrogens is 562 g/mol. The molecule has 1 aromatic carbocycles. The van der Waals surface area contributed by atoms with E-state index < -0.39 is 11.7 Å². The molecular formula is C35H50ClN3O4. The van der Waals surface area contributed by atoms with E-state index in [0.717, 1.165) is 79.8 Å². The molecule has 5 unspecified atom stereocenters. The van der Waals surface area contributed by atoms with Crippen LogP contribution in [0, 0.1) is 30.6 Å². The molecule has 2 fully saturated rings. The summed E-state index contributed by atoms with van der Waals surface area (Å²) in [5.41, 5.74) is 2.07. The van der Waals surface area contributed by atoms with Gasteiger partial charge in [-0.2, -0.15) is 0 Å². The molecule has 0 spiro atoms. The Balaban J connectivity index is 1.24. The molecule has 1 saturated carbocycles. The predicted octanol–water partition coefficient (Wildman–Crippen LogP) is 7.57. The predicted molar refractivity (Wildman–Crippen MR) is 175 cm³/mol. The summed E-state index contributed by atoms with van der Waals surface area (Å²) in [5, 5.41) is 4.40. The van der Waals surface area contributed by atoms with Crippen LogP contribution in [0.1, 0.15) is 90.2 Å². The fourth-order valence-electron chi connectivity index (χ4n) is 7.44. The molecule has 2 amide bonds. The van der Waals surface area contributed by atoms with Gasteiger partial charge in [-0.3, -0.25) is 9.59 Å². The van der Waals surface area contributed by atoms with Crippen molar-refractivity contribution in [3.05, 3.63) is 57.4 Å². The number of aryl methyl sites for hydroxylation is 1. The molecule has 4 rings (SSSR count). The number of nitrogens with one attached hydrogen (secondary N) is 2. The molecule has 7 nitrogen and oxygen atoms in total. The van der Waals surface area contributed by atoms with Gasteiger partial charge in [0.2, 0.25) is 5.91 Å². The monoisotopic (exact) mass is 611 g/mol. The maximum absolute atomic E-state index is 13.1. The van der Waals surface area contributed by atoms with E-state index in [1.54, 1.807) is 6.07 Å². The molecule has 0 bridgehead atoms. The Morgan fingerprint density at radius 1 is 1.28 bits per heavy atom. The van der Waals surface area contributed by atoms with E-state index in [1.165, 1.54) is 0 Å². The van der Waals surface area contributed by atoms with Crippen LogP contribution in [-0.4, -0.2) is 46.6 Å². The van der Waals surface area contributed by atoms with E-state index >= 15 is 0 Å². The van der Waals surface area contributed by atoms with Crippen LogP contribution in [0.3, 0.4) is 0 Å². The maximum atomic E-state index is 13.1. The van der Waals surface area contributed by atoms with Crippen molar-refractivity contribution in [2.75, 3.05) is 13.1 Å². The van der Waals surface area contributed by atoms with Crippen molar-refractivity contribution >= 4 is 34.5 Å². The number of unbranched alkanes of at least 4 members (excludes halogenated alkanes) is 2. The fraction of sp³-hybridized carbons (Fsp3) is 0.629. The van der Waals surface area contributed by atoms with Gasteiger partial charge in [0.1, 0.15) is 12.1 Å². The summed E-state index contributed by atoms with van der Waals surface area (Å²) in [6.45, 7) is 15.2. The number of ether oxygens (including phenoxy) is 1. The molecule has 8 heteroatoms. The molecule has 1 aliphatic carbocycles. The van der Waals surface area contributed by atoms with Crippen molar-refractivity contribution < 1.29 is 14.3 Å². The lowest BCUT2D eigenvalue weighted by atomic mass is 9.87. The van der Waals surface area contributed by atoms with Crippen molar-refractivity contribution in [2.45, 2.75) is 104 Å². The van der Waals surface area contributed by atoms with Gasteiger partial charge in [0.05, 0.1) is 5.52 Å². The van der Waals surface area contributed by atoms with Gasteiger partial charge in [0.15, 0.2) is 0 Å². The van der Waals surface area contributed by atoms with Gasteiger partial charge in [-0.05, 0) is 100 Å². The number of carbonyl (C=O) groups is 2. The number of H-pyrrole nitrogens is 1. The lowest BCUT2D eigenvalue weighted by Crippen LogP contribution is -2.46. The third-order valence-electron chi connectivity index (χ3n) is 10.1. The van der Waals surface area contributed by atoms with Crippen LogP contribution in [0.15, 0.2) is 35.6 Å². The second-order valence-corrected chi connectivity index (χ2v) is 13.9. The van der Waals surface area contributed by atoms with E-state index in [2.05, 4.69) is 37.7 Å². The van der Waals surface area contributed by atoms with Gasteiger partial charge >= 0.3 is 6.09 Å². The Morgan fingerprint density at radius 2 is 2.05 bits per heavy atom. The van der Waals surface area contributed by atoms with Crippen LogP contribution >= 0.6 is 11.6 Å². The number of aromatic amines is 1. The molecule has 1 saturated heterocycles. The van der Waals surface area contributed by atoms with Crippen molar-refractivity contribution in [3.8, 4) is 0 Å². The number of pyridine rings is 1. The highest BCUT2D eigenvalue weighted by Gasteiger charge is 2.43. The number of hydrogen-bond acceptors (Lipinski definition) is 4. The highest BCUT2D eigenvalue weighted by Crippen LogP contribution is 2.41. The van der Waals surface area contributed by atoms with Crippen LogP contribution in [0.4, 0.5) is 4.79 Å². The van der Waals surface area contributed by atoms with Gasteiger partial charge in [-0.1, -0.05) is 57.4 Å². The van der Waals surface area contributed by atoms with E-state index in [9.17, 15) is 14.4 Å². The van der Waals surface area contributed by atoms with Crippen LogP contribution in [-0.2, 0) is 16.0 Å². The van der Waals surface area contributed by atoms with Gasteiger partial charge in [0.25, 0.3) is 5.56 Å². The lowest BCUT2D eigenvalue weighted by molar-refractivity contribution is -0.131. The summed E-state index contributed by atoms with van der Waals surface area (Å²) in [6.07, 6.45) is 9.91. The Bertz CT molecular complexity index is 1370. The largest absolute Gasteiger partial charge is 0.443 e. The topological polar surface area (TPSA) is 91.5 Å². The van der Waals surface area contributed by atoms with Crippen LogP contribution in [0.5, 0.6) is 0 Å². The first-order valence-corrected chi connectivity index (χ1v) is 16.5. The highest BCUT2D eigenvalue weighted by molar-refractivity contribution is 6.31. The first-order chi connectivity index (χ1) is 20.4. The zero-order valence-corrected chi connectivity index (χ0v) is 27.4. The Labute approximate surface area is 261 Å². The number of carbonyl (C=O) groups excluding carboxylic acids is 2. The van der Waals surface area contributed by atoms with Crippen molar-refractivity contribution in [2.24, 2.45) is 23.7 Å². The number of benzene rings is 1. The summed E-state index contributed by atoms with van der Waals surface area (Å²) in [7, 11) is 0. The minimum absolute atomic E-state index is 0.0382. The quantitative estimate of drug-likeness (QED) is 0.191. The number of fused-ring (bicyclic) bond motifs is 1. The normalized spacial score (nSPS) is 25.4. The second-order valence-electron chi connectivity index (χ2n) is 13.5. The Hall–Kier alpha value is -2.80. The second kappa shape index (κ2) is 14.3. The van der Waals surface area contributed by atoms with Gasteiger partial charge < -0.3 is 19.9 Å². The molecule has 236 valence electrons. The molecule has 0 radical (unpaired) electrons. The molecule has 43 heavy (non-hydrogen) atoms. The van der Waals surface area contributed by atoms with Crippen molar-refractivity contribution in [1.82, 2.24) is 15.2 Å². The minimum Gasteiger partial charge on any atom is -0.443 e. The minimum atomic E-state index is -0.531. The number of nitrogens with zero attached hydrogens (tertiary/aromatic N) is 1. The summed E-state index contributed by atoms with van der Waals surface area (Å²) in [5.74, 6) is 1.33. The molecule has 2 aliphatic rings. The van der Waals surface area contributed by atoms with E-state index in [0.29, 0.717) is 23.4 Å². The maximum Gasteiger partial charge on any atom is 0.408 e. The molecule has 2 heterocycles. The first-order valence-electron chi connectivity index (χ1n) is 16.1. The van der Waals surface area contributed by atoms with E-state index in [4.69, 9.17) is 16.3 Å². The van der Waals surface area contributed by atoms with Gasteiger partial charge in [-0.25, -0.2) is 4.79 Å². The lowest BCUT2D eigenvalue weighted by Gasteiger charge is -2.32. The molecule has 2 N–H and O–H groups in total. The average molecular weight is 612 g/mol. The molecule has 2 aromatic rings. The van der Waals surface area contributed by atoms with E-state index in [1.807, 2.05) is 37.0 Å². The number of hydrogen-bond donors (Lipinski definition) is 2. The zero-order valence-electron chi connectivity index (χ0n) is 26.6. The number of halogens is 1. The smallest absolute Gasteiger partial charge is 0.408 e. The van der Waals surface area contributed by atoms with Crippen LogP contribution in [0.2, 0.25) is 5.02 Å². The van der Waals surface area contributed by atoms with E-state index in [-0.39, 0.29) is 35.9 Å². The number of alkyl carbamates (subject to hydrolysis) is 1.